The number of benzene rings is 2. The van der Waals surface area contributed by atoms with Crippen molar-refractivity contribution >= 4 is 35.1 Å². The van der Waals surface area contributed by atoms with E-state index in [1.807, 2.05) is 6.92 Å². The summed E-state index contributed by atoms with van der Waals surface area (Å²) >= 11 is 0. The number of hydrogen-bond acceptors (Lipinski definition) is 5. The second-order valence-corrected chi connectivity index (χ2v) is 8.25. The summed E-state index contributed by atoms with van der Waals surface area (Å²) in [4.78, 5) is 52.5. The van der Waals surface area contributed by atoms with Gasteiger partial charge in [0.15, 0.2) is 0 Å². The number of carbonyl (C=O) groups excluding carboxylic acids is 4. The lowest BCUT2D eigenvalue weighted by atomic mass is 10.1. The van der Waals surface area contributed by atoms with E-state index in [1.54, 1.807) is 41.3 Å². The Bertz CT molecular complexity index is 1120. The Labute approximate surface area is 191 Å². The first-order valence-corrected chi connectivity index (χ1v) is 10.8. The van der Waals surface area contributed by atoms with E-state index < -0.39 is 0 Å². The molecule has 2 heterocycles. The molecule has 0 saturated carbocycles. The van der Waals surface area contributed by atoms with Gasteiger partial charge < -0.3 is 20.3 Å². The van der Waals surface area contributed by atoms with Gasteiger partial charge in [-0.1, -0.05) is 6.07 Å². The summed E-state index contributed by atoms with van der Waals surface area (Å²) in [7, 11) is 1.51. The van der Waals surface area contributed by atoms with E-state index in [4.69, 9.17) is 4.74 Å². The van der Waals surface area contributed by atoms with Crippen LogP contribution in [0.2, 0.25) is 0 Å². The third-order valence-electron chi connectivity index (χ3n) is 5.96. The van der Waals surface area contributed by atoms with Gasteiger partial charge in [-0.05, 0) is 55.7 Å². The van der Waals surface area contributed by atoms with E-state index in [0.29, 0.717) is 41.2 Å². The van der Waals surface area contributed by atoms with E-state index in [9.17, 15) is 19.2 Å². The van der Waals surface area contributed by atoms with Gasteiger partial charge in [0.25, 0.3) is 11.8 Å². The fraction of sp³-hybridized carbons (Fsp3) is 0.333. The molecule has 0 radical (unpaired) electrons. The molecule has 2 aliphatic rings. The summed E-state index contributed by atoms with van der Waals surface area (Å²) in [5, 5.41) is 5.54. The van der Waals surface area contributed by atoms with Crippen molar-refractivity contribution in [2.24, 2.45) is 0 Å². The number of nitrogens with one attached hydrogen (secondary N) is 2. The van der Waals surface area contributed by atoms with Crippen molar-refractivity contribution < 1.29 is 23.9 Å². The monoisotopic (exact) mass is 450 g/mol. The van der Waals surface area contributed by atoms with Crippen LogP contribution in [0.5, 0.6) is 5.75 Å². The first-order chi connectivity index (χ1) is 15.8. The summed E-state index contributed by atoms with van der Waals surface area (Å²) in [6.45, 7) is 3.91. The van der Waals surface area contributed by atoms with Crippen molar-refractivity contribution in [3.8, 4) is 5.75 Å². The van der Waals surface area contributed by atoms with Crippen LogP contribution in [0.25, 0.3) is 0 Å². The van der Waals surface area contributed by atoms with Crippen LogP contribution in [0.4, 0.5) is 16.2 Å². The molecule has 5 amide bonds. The summed E-state index contributed by atoms with van der Waals surface area (Å²) in [6, 6.07) is 9.47. The highest BCUT2D eigenvalue weighted by atomic mass is 16.5. The van der Waals surface area contributed by atoms with Crippen LogP contribution in [0.1, 0.15) is 41.3 Å². The van der Waals surface area contributed by atoms with Crippen LogP contribution >= 0.6 is 0 Å². The quantitative estimate of drug-likeness (QED) is 0.658. The lowest BCUT2D eigenvalue weighted by Gasteiger charge is -2.18. The van der Waals surface area contributed by atoms with E-state index >= 15 is 0 Å². The molecule has 4 rings (SSSR count). The molecule has 1 unspecified atom stereocenters. The van der Waals surface area contributed by atoms with Crippen LogP contribution in [-0.2, 0) is 16.1 Å². The number of carbonyl (C=O) groups is 4. The number of imide groups is 1. The minimum atomic E-state index is -0.370. The Morgan fingerprint density at radius 2 is 1.91 bits per heavy atom. The molecule has 172 valence electrons. The molecule has 2 saturated heterocycles. The molecule has 0 spiro atoms. The van der Waals surface area contributed by atoms with Crippen molar-refractivity contribution in [1.29, 1.82) is 0 Å². The molecule has 0 aliphatic carbocycles. The van der Waals surface area contributed by atoms with Gasteiger partial charge >= 0.3 is 6.03 Å². The topological polar surface area (TPSA) is 108 Å². The van der Waals surface area contributed by atoms with Crippen molar-refractivity contribution in [2.45, 2.75) is 39.3 Å². The highest BCUT2D eigenvalue weighted by molar-refractivity contribution is 6.06. The highest BCUT2D eigenvalue weighted by Crippen LogP contribution is 2.31. The molecule has 2 N–H and O–H groups in total. The number of nitrogens with zero attached hydrogens (tertiary/aromatic N) is 2. The number of methoxy groups -OCH3 is 1. The third-order valence-corrected chi connectivity index (χ3v) is 5.96. The zero-order valence-corrected chi connectivity index (χ0v) is 18.8. The Balaban J connectivity index is 1.54. The number of fused-ring (bicyclic) bond motifs is 1. The predicted molar refractivity (Wildman–Crippen MR) is 122 cm³/mol. The summed E-state index contributed by atoms with van der Waals surface area (Å²) in [5.41, 5.74) is 2.90. The standard InChI is InChI=1S/C24H26N4O5/c1-14-6-7-16(12-19(14)25-15(2)29)22(30)26-18-8-9-21(33-3)17(11-18)13-28-23(31)20-5-4-10-27(20)24(28)32/h6-9,11-12,20H,4-5,10,13H2,1-3H3,(H,25,29)(H,26,30). The SMILES string of the molecule is COc1ccc(NC(=O)c2ccc(C)c(NC(C)=O)c2)cc1CN1C(=O)C2CCCN2C1=O. The largest absolute Gasteiger partial charge is 0.496 e. The molecule has 1 atom stereocenters. The highest BCUT2D eigenvalue weighted by Gasteiger charge is 2.47. The number of ether oxygens (including phenoxy) is 1. The molecule has 9 nitrogen and oxygen atoms in total. The minimum Gasteiger partial charge on any atom is -0.496 e. The molecule has 9 heteroatoms. The number of aryl methyl sites for hydroxylation is 1. The van der Waals surface area contributed by atoms with Crippen LogP contribution in [0.15, 0.2) is 36.4 Å². The second-order valence-electron chi connectivity index (χ2n) is 8.25. The Kier molecular flexibility index (Phi) is 6.04. The normalized spacial score (nSPS) is 17.2. The van der Waals surface area contributed by atoms with Crippen LogP contribution in [0, 0.1) is 6.92 Å². The molecular formula is C24H26N4O5. The minimum absolute atomic E-state index is 0.0642. The van der Waals surface area contributed by atoms with Gasteiger partial charge in [0, 0.05) is 36.0 Å². The fourth-order valence-electron chi connectivity index (χ4n) is 4.27. The van der Waals surface area contributed by atoms with Crippen LogP contribution in [-0.4, -0.2) is 53.2 Å². The Hall–Kier alpha value is -3.88. The van der Waals surface area contributed by atoms with Crippen molar-refractivity contribution in [3.63, 3.8) is 0 Å². The average Bonchev–Trinajstić information content (AvgIpc) is 3.35. The molecule has 2 aliphatic heterocycles. The van der Waals surface area contributed by atoms with Gasteiger partial charge in [0.1, 0.15) is 11.8 Å². The van der Waals surface area contributed by atoms with E-state index in [1.165, 1.54) is 18.9 Å². The number of hydrogen-bond donors (Lipinski definition) is 2. The van der Waals surface area contributed by atoms with E-state index in [-0.39, 0.29) is 36.3 Å². The number of urea groups is 1. The second kappa shape index (κ2) is 8.93. The fourth-order valence-corrected chi connectivity index (χ4v) is 4.27. The summed E-state index contributed by atoms with van der Waals surface area (Å²) < 4.78 is 5.41. The number of amides is 5. The number of anilines is 2. The molecule has 0 bridgehead atoms. The molecule has 2 aromatic carbocycles. The van der Waals surface area contributed by atoms with Gasteiger partial charge in [-0.2, -0.15) is 0 Å². The Morgan fingerprint density at radius 1 is 1.12 bits per heavy atom. The average molecular weight is 450 g/mol. The predicted octanol–water partition coefficient (Wildman–Crippen LogP) is 3.14. The maximum absolute atomic E-state index is 12.8. The molecule has 0 aromatic heterocycles. The molecule has 2 aromatic rings. The van der Waals surface area contributed by atoms with Crippen molar-refractivity contribution in [3.05, 3.63) is 53.1 Å². The zero-order chi connectivity index (χ0) is 23.7. The zero-order valence-electron chi connectivity index (χ0n) is 18.8. The van der Waals surface area contributed by atoms with Gasteiger partial charge in [-0.25, -0.2) is 4.79 Å². The molecule has 2 fully saturated rings. The number of rotatable bonds is 6. The van der Waals surface area contributed by atoms with Gasteiger partial charge in [-0.15, -0.1) is 0 Å². The lowest BCUT2D eigenvalue weighted by Crippen LogP contribution is -2.32. The Morgan fingerprint density at radius 3 is 2.61 bits per heavy atom. The maximum Gasteiger partial charge on any atom is 0.327 e. The summed E-state index contributed by atoms with van der Waals surface area (Å²) in [6.07, 6.45) is 1.52. The van der Waals surface area contributed by atoms with Gasteiger partial charge in [0.05, 0.1) is 13.7 Å². The molecule has 33 heavy (non-hydrogen) atoms. The van der Waals surface area contributed by atoms with Crippen LogP contribution < -0.4 is 15.4 Å². The first-order valence-electron chi connectivity index (χ1n) is 10.8. The van der Waals surface area contributed by atoms with Gasteiger partial charge in [-0.3, -0.25) is 19.3 Å². The van der Waals surface area contributed by atoms with Gasteiger partial charge in [0.2, 0.25) is 5.91 Å². The van der Waals surface area contributed by atoms with E-state index in [2.05, 4.69) is 10.6 Å². The van der Waals surface area contributed by atoms with E-state index in [0.717, 1.165) is 12.0 Å². The lowest BCUT2D eigenvalue weighted by molar-refractivity contribution is -0.128. The smallest absolute Gasteiger partial charge is 0.327 e. The van der Waals surface area contributed by atoms with Crippen molar-refractivity contribution in [2.75, 3.05) is 24.3 Å². The van der Waals surface area contributed by atoms with Crippen molar-refractivity contribution in [1.82, 2.24) is 9.80 Å². The molecular weight excluding hydrogens is 424 g/mol. The first kappa shape index (κ1) is 22.3. The third kappa shape index (κ3) is 4.39. The van der Waals surface area contributed by atoms with Crippen LogP contribution in [0.3, 0.4) is 0 Å². The maximum atomic E-state index is 12.8. The summed E-state index contributed by atoms with van der Waals surface area (Å²) in [5.74, 6) is -0.253.